The van der Waals surface area contributed by atoms with Crippen molar-refractivity contribution in [2.24, 2.45) is 0 Å². The van der Waals surface area contributed by atoms with Crippen LogP contribution in [0.25, 0.3) is 0 Å². The lowest BCUT2D eigenvalue weighted by atomic mass is 10.3. The zero-order valence-corrected chi connectivity index (χ0v) is 15.1. The number of para-hydroxylation sites is 1. The number of amides is 1. The summed E-state index contributed by atoms with van der Waals surface area (Å²) >= 11 is 0. The van der Waals surface area contributed by atoms with E-state index in [1.807, 2.05) is 30.3 Å². The SMILES string of the molecule is CN(CCOc1ccccc1)C(=O)c1cnc(N2CCCNCC2)cn1. The lowest BCUT2D eigenvalue weighted by Crippen LogP contribution is -2.32. The third kappa shape index (κ3) is 4.92. The molecular weight excluding hydrogens is 330 g/mol. The molecule has 0 bridgehead atoms. The first-order valence-electron chi connectivity index (χ1n) is 8.95. The van der Waals surface area contributed by atoms with Crippen molar-refractivity contribution in [1.29, 1.82) is 0 Å². The highest BCUT2D eigenvalue weighted by Crippen LogP contribution is 2.12. The molecule has 0 unspecified atom stereocenters. The molecule has 1 N–H and O–H groups in total. The van der Waals surface area contributed by atoms with Gasteiger partial charge in [-0.05, 0) is 25.1 Å². The zero-order valence-electron chi connectivity index (χ0n) is 15.1. The molecule has 1 fully saturated rings. The van der Waals surface area contributed by atoms with Crippen molar-refractivity contribution in [2.75, 3.05) is 51.3 Å². The van der Waals surface area contributed by atoms with E-state index < -0.39 is 0 Å². The maximum Gasteiger partial charge on any atom is 0.273 e. The van der Waals surface area contributed by atoms with Crippen molar-refractivity contribution >= 4 is 11.7 Å². The fraction of sp³-hybridized carbons (Fsp3) is 0.421. The first-order chi connectivity index (χ1) is 12.7. The van der Waals surface area contributed by atoms with Crippen LogP contribution in [0.2, 0.25) is 0 Å². The quantitative estimate of drug-likeness (QED) is 0.845. The molecule has 1 aliphatic rings. The van der Waals surface area contributed by atoms with Crippen LogP contribution in [0.4, 0.5) is 5.82 Å². The molecule has 1 aromatic carbocycles. The molecule has 0 atom stereocenters. The van der Waals surface area contributed by atoms with E-state index in [4.69, 9.17) is 4.74 Å². The Kier molecular flexibility index (Phi) is 6.38. The van der Waals surface area contributed by atoms with E-state index in [1.54, 1.807) is 24.3 Å². The Morgan fingerprint density at radius 3 is 2.81 bits per heavy atom. The molecule has 2 heterocycles. The summed E-state index contributed by atoms with van der Waals surface area (Å²) in [4.78, 5) is 25.0. The van der Waals surface area contributed by atoms with Gasteiger partial charge in [-0.15, -0.1) is 0 Å². The van der Waals surface area contributed by atoms with Gasteiger partial charge >= 0.3 is 0 Å². The molecule has 1 aliphatic heterocycles. The minimum atomic E-state index is -0.154. The van der Waals surface area contributed by atoms with Crippen LogP contribution in [0.3, 0.4) is 0 Å². The number of rotatable bonds is 6. The average Bonchev–Trinajstić information content (AvgIpc) is 2.98. The van der Waals surface area contributed by atoms with Gasteiger partial charge in [-0.3, -0.25) is 4.79 Å². The number of hydrogen-bond donors (Lipinski definition) is 1. The average molecular weight is 355 g/mol. The van der Waals surface area contributed by atoms with Crippen LogP contribution in [0.1, 0.15) is 16.9 Å². The number of carbonyl (C=O) groups is 1. The van der Waals surface area contributed by atoms with Crippen molar-refractivity contribution in [3.05, 3.63) is 48.4 Å². The van der Waals surface area contributed by atoms with E-state index >= 15 is 0 Å². The van der Waals surface area contributed by atoms with Crippen LogP contribution in [0, 0.1) is 0 Å². The predicted octanol–water partition coefficient (Wildman–Crippen LogP) is 1.43. The number of nitrogens with one attached hydrogen (secondary N) is 1. The number of benzene rings is 1. The second-order valence-electron chi connectivity index (χ2n) is 6.24. The molecule has 0 saturated carbocycles. The molecule has 0 aliphatic carbocycles. The topological polar surface area (TPSA) is 70.6 Å². The van der Waals surface area contributed by atoms with Crippen LogP contribution < -0.4 is 15.0 Å². The van der Waals surface area contributed by atoms with E-state index in [0.29, 0.717) is 18.8 Å². The number of anilines is 1. The lowest BCUT2D eigenvalue weighted by molar-refractivity contribution is 0.0767. The molecule has 1 saturated heterocycles. The summed E-state index contributed by atoms with van der Waals surface area (Å²) in [7, 11) is 1.74. The number of nitrogens with zero attached hydrogens (tertiary/aromatic N) is 4. The Morgan fingerprint density at radius 2 is 2.04 bits per heavy atom. The van der Waals surface area contributed by atoms with Crippen molar-refractivity contribution in [3.8, 4) is 5.75 Å². The summed E-state index contributed by atoms with van der Waals surface area (Å²) in [5.41, 5.74) is 0.351. The molecule has 7 nitrogen and oxygen atoms in total. The Labute approximate surface area is 154 Å². The zero-order chi connectivity index (χ0) is 18.2. The highest BCUT2D eigenvalue weighted by molar-refractivity contribution is 5.91. The number of likely N-dealkylation sites (N-methyl/N-ethyl adjacent to an activating group) is 1. The first-order valence-corrected chi connectivity index (χ1v) is 8.95. The summed E-state index contributed by atoms with van der Waals surface area (Å²) in [6.45, 7) is 4.72. The Balaban J connectivity index is 1.51. The van der Waals surface area contributed by atoms with Gasteiger partial charge in [0.2, 0.25) is 0 Å². The number of hydrogen-bond acceptors (Lipinski definition) is 6. The highest BCUT2D eigenvalue weighted by Gasteiger charge is 2.16. The van der Waals surface area contributed by atoms with Crippen LogP contribution in [-0.4, -0.2) is 67.2 Å². The minimum absolute atomic E-state index is 0.154. The molecule has 0 radical (unpaired) electrons. The maximum absolute atomic E-state index is 12.5. The molecule has 1 amide bonds. The summed E-state index contributed by atoms with van der Waals surface area (Å²) in [6, 6.07) is 9.56. The van der Waals surface area contributed by atoms with E-state index in [0.717, 1.165) is 44.2 Å². The number of ether oxygens (including phenoxy) is 1. The molecule has 1 aromatic heterocycles. The van der Waals surface area contributed by atoms with Crippen LogP contribution in [0.15, 0.2) is 42.7 Å². The normalized spacial score (nSPS) is 14.6. The molecule has 7 heteroatoms. The van der Waals surface area contributed by atoms with Gasteiger partial charge in [-0.1, -0.05) is 18.2 Å². The summed E-state index contributed by atoms with van der Waals surface area (Å²) < 4.78 is 5.63. The predicted molar refractivity (Wildman–Crippen MR) is 101 cm³/mol. The van der Waals surface area contributed by atoms with E-state index in [-0.39, 0.29) is 5.91 Å². The highest BCUT2D eigenvalue weighted by atomic mass is 16.5. The minimum Gasteiger partial charge on any atom is -0.492 e. The Bertz CT molecular complexity index is 685. The molecule has 0 spiro atoms. The summed E-state index contributed by atoms with van der Waals surface area (Å²) in [5, 5.41) is 3.36. The fourth-order valence-electron chi connectivity index (χ4n) is 2.78. The largest absolute Gasteiger partial charge is 0.492 e. The van der Waals surface area contributed by atoms with Crippen LogP contribution in [-0.2, 0) is 0 Å². The number of carbonyl (C=O) groups excluding carboxylic acids is 1. The van der Waals surface area contributed by atoms with Gasteiger partial charge in [-0.2, -0.15) is 0 Å². The molecule has 3 rings (SSSR count). The second kappa shape index (κ2) is 9.15. The third-order valence-corrected chi connectivity index (χ3v) is 4.31. The molecule has 26 heavy (non-hydrogen) atoms. The second-order valence-corrected chi connectivity index (χ2v) is 6.24. The van der Waals surface area contributed by atoms with E-state index in [9.17, 15) is 4.79 Å². The van der Waals surface area contributed by atoms with Crippen molar-refractivity contribution in [3.63, 3.8) is 0 Å². The van der Waals surface area contributed by atoms with Gasteiger partial charge < -0.3 is 19.9 Å². The first kappa shape index (κ1) is 18.1. The van der Waals surface area contributed by atoms with Crippen LogP contribution >= 0.6 is 0 Å². The van der Waals surface area contributed by atoms with Crippen molar-refractivity contribution < 1.29 is 9.53 Å². The standard InChI is InChI=1S/C19H25N5O2/c1-23(12-13-26-16-6-3-2-4-7-16)19(25)17-14-22-18(15-21-17)24-10-5-8-20-9-11-24/h2-4,6-7,14-15,20H,5,8-13H2,1H3. The van der Waals surface area contributed by atoms with Gasteiger partial charge in [0.15, 0.2) is 0 Å². The van der Waals surface area contributed by atoms with E-state index in [1.165, 1.54) is 0 Å². The Hall–Kier alpha value is -2.67. The molecule has 138 valence electrons. The Morgan fingerprint density at radius 1 is 1.19 bits per heavy atom. The van der Waals surface area contributed by atoms with Gasteiger partial charge in [-0.25, -0.2) is 9.97 Å². The number of aromatic nitrogens is 2. The van der Waals surface area contributed by atoms with Gasteiger partial charge in [0.25, 0.3) is 5.91 Å². The van der Waals surface area contributed by atoms with Crippen LogP contribution in [0.5, 0.6) is 5.75 Å². The van der Waals surface area contributed by atoms with Gasteiger partial charge in [0, 0.05) is 26.7 Å². The van der Waals surface area contributed by atoms with E-state index in [2.05, 4.69) is 20.2 Å². The fourth-order valence-corrected chi connectivity index (χ4v) is 2.78. The summed E-state index contributed by atoms with van der Waals surface area (Å²) in [5.74, 6) is 1.46. The van der Waals surface area contributed by atoms with Crippen molar-refractivity contribution in [1.82, 2.24) is 20.2 Å². The smallest absolute Gasteiger partial charge is 0.273 e. The monoisotopic (exact) mass is 355 g/mol. The van der Waals surface area contributed by atoms with Crippen molar-refractivity contribution in [2.45, 2.75) is 6.42 Å². The molecular formula is C19H25N5O2. The summed E-state index contributed by atoms with van der Waals surface area (Å²) in [6.07, 6.45) is 4.32. The maximum atomic E-state index is 12.5. The molecule has 2 aromatic rings. The lowest BCUT2D eigenvalue weighted by Gasteiger charge is -2.21. The van der Waals surface area contributed by atoms with Gasteiger partial charge in [0.1, 0.15) is 23.9 Å². The van der Waals surface area contributed by atoms with Gasteiger partial charge in [0.05, 0.1) is 18.9 Å². The third-order valence-electron chi connectivity index (χ3n) is 4.31.